The van der Waals surface area contributed by atoms with Crippen LogP contribution in [0.4, 0.5) is 0 Å². The molecule has 0 aromatic carbocycles. The van der Waals surface area contributed by atoms with Crippen molar-refractivity contribution in [2.24, 2.45) is 56.2 Å². The van der Waals surface area contributed by atoms with Crippen LogP contribution in [0, 0.1) is 67.5 Å². The van der Waals surface area contributed by atoms with Crippen LogP contribution in [0.3, 0.4) is 0 Å². The second-order valence-electron chi connectivity index (χ2n) is 21.8. The van der Waals surface area contributed by atoms with E-state index >= 15 is 0 Å². The highest BCUT2D eigenvalue weighted by atomic mass is 16.5. The summed E-state index contributed by atoms with van der Waals surface area (Å²) in [4.78, 5) is 45.9. The number of carboxylic acid groups (broad SMARTS) is 1. The summed E-state index contributed by atoms with van der Waals surface area (Å²) in [7, 11) is 4.13. The van der Waals surface area contributed by atoms with Gasteiger partial charge in [0.05, 0.1) is 11.8 Å². The van der Waals surface area contributed by atoms with Gasteiger partial charge in [-0.15, -0.1) is 10.2 Å². The number of Topliss-reactive ketones (excluding diaryl/α,β-unsaturated/α-hetero) is 1. The van der Waals surface area contributed by atoms with Crippen LogP contribution in [-0.4, -0.2) is 74.2 Å². The second-order valence-corrected chi connectivity index (χ2v) is 21.8. The number of aliphatic carboxylic acids is 1. The summed E-state index contributed by atoms with van der Waals surface area (Å²) in [6, 6.07) is 5.74. The Balaban J connectivity index is 1.21. The molecule has 11 nitrogen and oxygen atoms in total. The van der Waals surface area contributed by atoms with Crippen molar-refractivity contribution in [2.45, 2.75) is 146 Å². The molecule has 5 aliphatic carbocycles. The monoisotopic (exact) mass is 809 g/mol. The molecule has 8 atom stereocenters. The molecule has 5 aliphatic rings. The van der Waals surface area contributed by atoms with Crippen molar-refractivity contribution in [1.29, 1.82) is 5.26 Å². The van der Waals surface area contributed by atoms with Gasteiger partial charge < -0.3 is 19.3 Å². The van der Waals surface area contributed by atoms with E-state index in [1.807, 2.05) is 6.07 Å². The maximum absolute atomic E-state index is 14.4. The number of nitrogens with zero attached hydrogens (tertiary/aromatic N) is 6. The molecule has 1 N–H and O–H groups in total. The van der Waals surface area contributed by atoms with Gasteiger partial charge in [0, 0.05) is 48.5 Å². The summed E-state index contributed by atoms with van der Waals surface area (Å²) in [6.07, 6.45) is 10.5. The molecular weight excluding hydrogens is 741 g/mol. The molecule has 7 rings (SSSR count). The fraction of sp³-hybridized carbons (Fsp3) is 0.729. The van der Waals surface area contributed by atoms with E-state index in [1.54, 1.807) is 26.1 Å². The van der Waals surface area contributed by atoms with Crippen molar-refractivity contribution >= 4 is 17.7 Å². The van der Waals surface area contributed by atoms with E-state index in [1.165, 1.54) is 5.57 Å². The van der Waals surface area contributed by atoms with Crippen LogP contribution in [0.15, 0.2) is 29.5 Å². The van der Waals surface area contributed by atoms with Crippen molar-refractivity contribution in [3.05, 3.63) is 41.0 Å². The van der Waals surface area contributed by atoms with Gasteiger partial charge in [-0.1, -0.05) is 54.0 Å². The van der Waals surface area contributed by atoms with Crippen LogP contribution in [0.25, 0.3) is 11.4 Å². The Morgan fingerprint density at radius 3 is 2.36 bits per heavy atom. The second kappa shape index (κ2) is 14.9. The van der Waals surface area contributed by atoms with Gasteiger partial charge in [0.2, 0.25) is 0 Å². The molecule has 0 saturated heterocycles. The number of carbonyl (C=O) groups is 3. The summed E-state index contributed by atoms with van der Waals surface area (Å²) in [5.74, 6) is 1.82. The van der Waals surface area contributed by atoms with Crippen LogP contribution in [0.1, 0.15) is 138 Å². The fourth-order valence-corrected chi connectivity index (χ4v) is 13.9. The molecule has 2 heterocycles. The zero-order valence-corrected chi connectivity index (χ0v) is 37.6. The van der Waals surface area contributed by atoms with Crippen LogP contribution in [0.5, 0.6) is 0 Å². The lowest BCUT2D eigenvalue weighted by Gasteiger charge is -2.72. The first-order valence-electron chi connectivity index (χ1n) is 22.2. The zero-order chi connectivity index (χ0) is 43.1. The number of hydrogen-bond donors (Lipinski definition) is 1. The lowest BCUT2D eigenvalue weighted by molar-refractivity contribution is -0.233. The predicted molar refractivity (Wildman–Crippen MR) is 226 cm³/mol. The molecule has 0 spiro atoms. The van der Waals surface area contributed by atoms with Crippen LogP contribution >= 0.6 is 0 Å². The molecule has 0 bridgehead atoms. The summed E-state index contributed by atoms with van der Waals surface area (Å²) in [6.45, 7) is 21.3. The van der Waals surface area contributed by atoms with E-state index in [0.717, 1.165) is 80.7 Å². The van der Waals surface area contributed by atoms with Crippen molar-refractivity contribution in [3.63, 3.8) is 0 Å². The average Bonchev–Trinajstić information content (AvgIpc) is 3.69. The summed E-state index contributed by atoms with van der Waals surface area (Å²) in [5.41, 5.74) is 2.04. The molecule has 4 saturated carbocycles. The Hall–Kier alpha value is -3.91. The van der Waals surface area contributed by atoms with Gasteiger partial charge in [0.15, 0.2) is 11.6 Å². The Kier molecular flexibility index (Phi) is 10.9. The lowest BCUT2D eigenvalue weighted by atomic mass is 9.33. The number of ketones is 1. The number of likely N-dealkylation sites (N-methyl/N-ethyl adjacent to an activating group) is 1. The van der Waals surface area contributed by atoms with Crippen LogP contribution < -0.4 is 0 Å². The minimum Gasteiger partial charge on any atom is -0.481 e. The van der Waals surface area contributed by atoms with E-state index in [4.69, 9.17) is 14.9 Å². The molecular formula is C48H68N6O5. The smallest absolute Gasteiger partial charge is 0.309 e. The number of hydrogen-bond acceptors (Lipinski definition) is 9. The Morgan fingerprint density at radius 1 is 1.00 bits per heavy atom. The van der Waals surface area contributed by atoms with Gasteiger partial charge in [0.25, 0.3) is 0 Å². The van der Waals surface area contributed by atoms with Gasteiger partial charge in [0.1, 0.15) is 23.7 Å². The summed E-state index contributed by atoms with van der Waals surface area (Å²) < 4.78 is 8.43. The molecule has 2 aromatic rings. The van der Waals surface area contributed by atoms with E-state index in [2.05, 4.69) is 83.1 Å². The third-order valence-electron chi connectivity index (χ3n) is 17.2. The van der Waals surface area contributed by atoms with Crippen molar-refractivity contribution in [1.82, 2.24) is 24.6 Å². The first kappa shape index (κ1) is 43.2. The molecule has 0 amide bonds. The van der Waals surface area contributed by atoms with Gasteiger partial charge in [-0.2, -0.15) is 5.26 Å². The predicted octanol–water partition coefficient (Wildman–Crippen LogP) is 8.71. The van der Waals surface area contributed by atoms with Crippen molar-refractivity contribution < 1.29 is 24.2 Å². The van der Waals surface area contributed by atoms with Crippen LogP contribution in [-0.2, 0) is 32.1 Å². The quantitative estimate of drug-likeness (QED) is 0.218. The first-order valence-corrected chi connectivity index (χ1v) is 22.2. The van der Waals surface area contributed by atoms with Gasteiger partial charge in [-0.3, -0.25) is 14.4 Å². The van der Waals surface area contributed by atoms with E-state index < -0.39 is 17.4 Å². The highest BCUT2D eigenvalue weighted by molar-refractivity contribution is 6.00. The largest absolute Gasteiger partial charge is 0.481 e. The van der Waals surface area contributed by atoms with E-state index in [0.29, 0.717) is 48.6 Å². The maximum Gasteiger partial charge on any atom is 0.309 e. The standard InChI is InChI=1S/C48H68N6O5/c1-29(2)39-33(55)24-48(25-37-51-52-41(54(37)23-22-53(10)11)30-12-13-31(27-49)50-28-30)21-20-46(8)32(40(39)48)14-15-35-45(7)18-17-36(59-38(56)26-43(3,4)42(57)58)44(5,6)34(45)16-19-47(35,46)9/h12-13,28-29,32,34-36H,14-26H2,1-11H3,(H,57,58)/t32-,34+,35-,36+,45+,46-,47-,48+/m1/s1. The lowest BCUT2D eigenvalue weighted by Crippen LogP contribution is -2.65. The number of fused-ring (bicyclic) bond motifs is 7. The number of ether oxygens (including phenoxy) is 1. The van der Waals surface area contributed by atoms with Gasteiger partial charge in [-0.25, -0.2) is 4.98 Å². The minimum absolute atomic E-state index is 0.00126. The fourth-order valence-electron chi connectivity index (χ4n) is 13.9. The topological polar surface area (TPSA) is 151 Å². The third-order valence-corrected chi connectivity index (χ3v) is 17.2. The van der Waals surface area contributed by atoms with E-state index in [9.17, 15) is 24.8 Å². The molecule has 59 heavy (non-hydrogen) atoms. The maximum atomic E-state index is 14.4. The SMILES string of the molecule is CC(C)C1=C2[C@H]3CC[C@@H]4[C@@]5(C)CC[C@H](OC(=O)CC(C)(C)C(=O)O)C(C)(C)[C@@H]5CC[C@@]4(C)[C@]3(C)CC[C@@]2(Cc2nnc(-c3ccc(C#N)nc3)n2CCN(C)C)CC1=O. The first-order chi connectivity index (χ1) is 27.5. The highest BCUT2D eigenvalue weighted by Crippen LogP contribution is 2.77. The minimum atomic E-state index is -1.17. The number of allylic oxidation sites excluding steroid dienone is 2. The number of pyridine rings is 1. The summed E-state index contributed by atoms with van der Waals surface area (Å²) >= 11 is 0. The Morgan fingerprint density at radius 2 is 1.73 bits per heavy atom. The number of carboxylic acids is 1. The molecule has 11 heteroatoms. The third kappa shape index (κ3) is 6.88. The Bertz CT molecular complexity index is 2080. The number of aromatic nitrogens is 4. The van der Waals surface area contributed by atoms with Crippen molar-refractivity contribution in [3.8, 4) is 17.5 Å². The summed E-state index contributed by atoms with van der Waals surface area (Å²) in [5, 5.41) is 28.7. The number of rotatable bonds is 11. The number of carbonyl (C=O) groups excluding carboxylic acids is 2. The van der Waals surface area contributed by atoms with Gasteiger partial charge in [-0.05, 0) is 137 Å². The average molecular weight is 809 g/mol. The molecule has 4 fully saturated rings. The molecule has 2 aromatic heterocycles. The van der Waals surface area contributed by atoms with E-state index in [-0.39, 0.29) is 45.5 Å². The zero-order valence-electron chi connectivity index (χ0n) is 37.6. The highest BCUT2D eigenvalue weighted by Gasteiger charge is 2.70. The molecule has 0 radical (unpaired) electrons. The Labute approximate surface area is 351 Å². The normalized spacial score (nSPS) is 33.9. The molecule has 0 aliphatic heterocycles. The van der Waals surface area contributed by atoms with Crippen LogP contribution in [0.2, 0.25) is 0 Å². The number of nitriles is 1. The van der Waals surface area contributed by atoms with Gasteiger partial charge >= 0.3 is 11.9 Å². The number of esters is 1. The molecule has 0 unspecified atom stereocenters. The van der Waals surface area contributed by atoms with Crippen molar-refractivity contribution in [2.75, 3.05) is 20.6 Å². The molecule has 320 valence electrons.